The molecule has 0 bridgehead atoms. The van der Waals surface area contributed by atoms with Crippen molar-refractivity contribution in [3.63, 3.8) is 0 Å². The average Bonchev–Trinajstić information content (AvgIpc) is 2.87. The minimum Gasteiger partial charge on any atom is -0.450 e. The minimum atomic E-state index is -0.290. The zero-order valence-electron chi connectivity index (χ0n) is 16.8. The fraction of sp³-hybridized carbons (Fsp3) is 0.682. The summed E-state index contributed by atoms with van der Waals surface area (Å²) in [7, 11) is 0. The smallest absolute Gasteiger partial charge is 0.407 e. The maximum Gasteiger partial charge on any atom is 0.407 e. The number of benzene rings is 1. The molecule has 1 saturated heterocycles. The summed E-state index contributed by atoms with van der Waals surface area (Å²) in [6, 6.07) is 5.86. The second kappa shape index (κ2) is 8.27. The van der Waals surface area contributed by atoms with Crippen LogP contribution in [0.25, 0.3) is 0 Å². The summed E-state index contributed by atoms with van der Waals surface area (Å²) in [4.78, 5) is 14.4. The predicted molar refractivity (Wildman–Crippen MR) is 110 cm³/mol. The van der Waals surface area contributed by atoms with Crippen LogP contribution in [0.3, 0.4) is 0 Å². The molecular weight excluding hydrogens is 357 g/mol. The molecule has 156 valence electrons. The van der Waals surface area contributed by atoms with E-state index in [1.165, 1.54) is 12.8 Å². The molecule has 28 heavy (non-hydrogen) atoms. The van der Waals surface area contributed by atoms with E-state index in [1.54, 1.807) is 12.1 Å². The number of carbonyl (C=O) groups is 1. The first-order valence-corrected chi connectivity index (χ1v) is 10.8. The van der Waals surface area contributed by atoms with Crippen molar-refractivity contribution >= 4 is 11.8 Å². The number of rotatable bonds is 3. The maximum atomic E-state index is 13.8. The summed E-state index contributed by atoms with van der Waals surface area (Å²) in [5.41, 5.74) is 2.33. The summed E-state index contributed by atoms with van der Waals surface area (Å²) >= 11 is 0. The Balaban J connectivity index is 0.00000240. The molecule has 0 aromatic heterocycles. The van der Waals surface area contributed by atoms with Crippen LogP contribution in [0, 0.1) is 5.82 Å². The van der Waals surface area contributed by atoms with Crippen molar-refractivity contribution in [2.24, 2.45) is 0 Å². The van der Waals surface area contributed by atoms with Crippen LogP contribution in [-0.2, 0) is 10.2 Å². The molecular formula is C22H34FN3O2. The second-order valence-corrected chi connectivity index (χ2v) is 8.60. The third kappa shape index (κ3) is 3.97. The molecule has 3 aliphatic rings. The number of nitrogens with one attached hydrogen (secondary N) is 2. The molecule has 5 nitrogen and oxygen atoms in total. The average molecular weight is 392 g/mol. The number of alkyl carbamates (subject to hydrolysis) is 1. The number of ether oxygens (including phenoxy) is 1. The van der Waals surface area contributed by atoms with Crippen LogP contribution in [0.1, 0.15) is 58.9 Å². The molecule has 1 aliphatic carbocycles. The lowest BCUT2D eigenvalue weighted by Gasteiger charge is -2.43. The zero-order chi connectivity index (χ0) is 19.6. The number of hydrogen-bond donors (Lipinski definition) is 2. The Kier molecular flexibility index (Phi) is 5.76. The van der Waals surface area contributed by atoms with Gasteiger partial charge in [-0.2, -0.15) is 0 Å². The van der Waals surface area contributed by atoms with Gasteiger partial charge >= 0.3 is 6.09 Å². The lowest BCUT2D eigenvalue weighted by Crippen LogP contribution is -2.49. The molecule has 2 N–H and O–H groups in total. The van der Waals surface area contributed by atoms with E-state index in [1.807, 2.05) is 13.0 Å². The van der Waals surface area contributed by atoms with Crippen molar-refractivity contribution in [2.45, 2.75) is 69.4 Å². The largest absolute Gasteiger partial charge is 0.450 e. The van der Waals surface area contributed by atoms with Crippen LogP contribution in [0.5, 0.6) is 0 Å². The summed E-state index contributed by atoms with van der Waals surface area (Å²) in [6.07, 6.45) is 7.41. The number of piperidine rings is 1. The van der Waals surface area contributed by atoms with Crippen LogP contribution in [-0.4, -0.2) is 49.3 Å². The van der Waals surface area contributed by atoms with Crippen LogP contribution < -0.4 is 10.6 Å². The summed E-state index contributed by atoms with van der Waals surface area (Å²) in [6.45, 7) is 5.23. The van der Waals surface area contributed by atoms with E-state index in [0.29, 0.717) is 12.6 Å². The van der Waals surface area contributed by atoms with Crippen molar-refractivity contribution in [1.29, 1.82) is 0 Å². The van der Waals surface area contributed by atoms with Gasteiger partial charge in [-0.05, 0) is 75.9 Å². The Bertz CT molecular complexity index is 709. The van der Waals surface area contributed by atoms with E-state index in [4.69, 9.17) is 4.74 Å². The van der Waals surface area contributed by atoms with Crippen molar-refractivity contribution in [1.82, 2.24) is 10.2 Å². The van der Waals surface area contributed by atoms with Crippen molar-refractivity contribution in [2.75, 3.05) is 31.6 Å². The van der Waals surface area contributed by atoms with Gasteiger partial charge in [0, 0.05) is 31.2 Å². The van der Waals surface area contributed by atoms with Gasteiger partial charge in [0.1, 0.15) is 5.82 Å². The molecule has 1 saturated carbocycles. The van der Waals surface area contributed by atoms with Gasteiger partial charge in [-0.3, -0.25) is 0 Å². The number of amides is 1. The Morgan fingerprint density at radius 1 is 1.36 bits per heavy atom. The molecule has 0 radical (unpaired) electrons. The molecule has 6 heteroatoms. The molecule has 1 aromatic rings. The van der Waals surface area contributed by atoms with E-state index in [0.717, 1.165) is 63.0 Å². The van der Waals surface area contributed by atoms with Gasteiger partial charge in [-0.1, -0.05) is 12.8 Å². The van der Waals surface area contributed by atoms with Crippen molar-refractivity contribution in [3.8, 4) is 0 Å². The van der Waals surface area contributed by atoms with E-state index >= 15 is 0 Å². The molecule has 4 rings (SSSR count). The fourth-order valence-electron chi connectivity index (χ4n) is 5.37. The van der Waals surface area contributed by atoms with E-state index in [9.17, 15) is 9.18 Å². The third-order valence-corrected chi connectivity index (χ3v) is 6.94. The number of anilines is 1. The number of fused-ring (bicyclic) bond motifs is 2. The molecule has 2 fully saturated rings. The van der Waals surface area contributed by atoms with Gasteiger partial charge in [0.2, 0.25) is 0 Å². The fourth-order valence-corrected chi connectivity index (χ4v) is 5.37. The topological polar surface area (TPSA) is 53.6 Å². The van der Waals surface area contributed by atoms with Crippen LogP contribution in [0.2, 0.25) is 0 Å². The monoisotopic (exact) mass is 391 g/mol. The van der Waals surface area contributed by atoms with Gasteiger partial charge in [0.25, 0.3) is 0 Å². The van der Waals surface area contributed by atoms with E-state index < -0.39 is 0 Å². The minimum absolute atomic E-state index is 0. The first-order chi connectivity index (χ1) is 13.6. The first-order valence-electron chi connectivity index (χ1n) is 10.8. The lowest BCUT2D eigenvalue weighted by atomic mass is 9.74. The second-order valence-electron chi connectivity index (χ2n) is 8.60. The summed E-state index contributed by atoms with van der Waals surface area (Å²) < 4.78 is 18.9. The number of halogens is 1. The quantitative estimate of drug-likeness (QED) is 0.755. The van der Waals surface area contributed by atoms with Gasteiger partial charge in [-0.25, -0.2) is 9.18 Å². The Morgan fingerprint density at radius 2 is 2.14 bits per heavy atom. The molecule has 2 atom stereocenters. The first kappa shape index (κ1) is 19.5. The van der Waals surface area contributed by atoms with Gasteiger partial charge in [-0.15, -0.1) is 0 Å². The summed E-state index contributed by atoms with van der Waals surface area (Å²) in [5, 5.41) is 6.54. The van der Waals surface area contributed by atoms with Crippen LogP contribution in [0.4, 0.5) is 14.9 Å². The van der Waals surface area contributed by atoms with Gasteiger partial charge < -0.3 is 20.3 Å². The predicted octanol–water partition coefficient (Wildman–Crippen LogP) is 4.28. The highest BCUT2D eigenvalue weighted by Gasteiger charge is 2.43. The number of carbonyl (C=O) groups excluding carboxylic acids is 1. The van der Waals surface area contributed by atoms with Crippen LogP contribution >= 0.6 is 0 Å². The highest BCUT2D eigenvalue weighted by Crippen LogP contribution is 2.45. The maximum absolute atomic E-state index is 13.8. The van der Waals surface area contributed by atoms with E-state index in [-0.39, 0.29) is 24.8 Å². The Morgan fingerprint density at radius 3 is 2.93 bits per heavy atom. The lowest BCUT2D eigenvalue weighted by molar-refractivity contribution is 0.104. The van der Waals surface area contributed by atoms with E-state index in [2.05, 4.69) is 15.5 Å². The molecule has 2 aliphatic heterocycles. The third-order valence-electron chi connectivity index (χ3n) is 6.94. The number of nitrogens with zero attached hydrogens (tertiary/aromatic N) is 1. The van der Waals surface area contributed by atoms with Crippen LogP contribution in [0.15, 0.2) is 18.2 Å². The molecule has 2 unspecified atom stereocenters. The highest BCUT2D eigenvalue weighted by molar-refractivity contribution is 5.67. The number of likely N-dealkylation sites (tertiary alicyclic amines) is 1. The normalized spacial score (nSPS) is 26.9. The Hall–Kier alpha value is -1.82. The van der Waals surface area contributed by atoms with Gasteiger partial charge in [0.05, 0.1) is 6.61 Å². The molecule has 1 amide bonds. The van der Waals surface area contributed by atoms with Crippen molar-refractivity contribution in [3.05, 3.63) is 29.6 Å². The number of hydrogen-bond acceptors (Lipinski definition) is 4. The van der Waals surface area contributed by atoms with Crippen molar-refractivity contribution < 1.29 is 15.3 Å². The SMILES string of the molecule is CCOC(=O)NC1CCCCC(N2CCC3(CC2)CNc2ccc(F)cc23)C1.[HH]. The summed E-state index contributed by atoms with van der Waals surface area (Å²) in [5.74, 6) is -0.138. The zero-order valence-corrected chi connectivity index (χ0v) is 16.8. The van der Waals surface area contributed by atoms with Gasteiger partial charge in [0.15, 0.2) is 0 Å². The molecule has 2 heterocycles. The molecule has 1 aromatic carbocycles. The Labute approximate surface area is 168 Å². The standard InChI is InChI=1S/C22H32FN3O2.H2/c1-2-28-21(27)25-17-5-3-4-6-18(14-17)26-11-9-22(10-12-26)15-24-20-8-7-16(23)13-19(20)22;/h7-8,13,17-18,24H,2-6,9-12,14-15H2,1H3,(H,25,27);1H. The highest BCUT2D eigenvalue weighted by atomic mass is 19.1. The molecule has 1 spiro atoms.